The lowest BCUT2D eigenvalue weighted by Crippen LogP contribution is -2.49. The first-order chi connectivity index (χ1) is 9.86. The van der Waals surface area contributed by atoms with Crippen molar-refractivity contribution in [1.82, 2.24) is 20.0 Å². The summed E-state index contributed by atoms with van der Waals surface area (Å²) in [6, 6.07) is 12.6. The van der Waals surface area contributed by atoms with Crippen LogP contribution in [-0.4, -0.2) is 40.4 Å². The summed E-state index contributed by atoms with van der Waals surface area (Å²) in [6.45, 7) is 3.43. The number of nitriles is 1. The summed E-state index contributed by atoms with van der Waals surface area (Å²) in [5.74, 6) is 0. The number of hydrogen-bond donors (Lipinski definition) is 1. The Balaban J connectivity index is 1.70. The van der Waals surface area contributed by atoms with Crippen molar-refractivity contribution in [2.24, 2.45) is 0 Å². The number of piperazine rings is 1. The van der Waals surface area contributed by atoms with Gasteiger partial charge in [0.2, 0.25) is 0 Å². The molecule has 2 aromatic rings. The molecule has 0 spiro atoms. The lowest BCUT2D eigenvalue weighted by molar-refractivity contribution is 0.189. The summed E-state index contributed by atoms with van der Waals surface area (Å²) < 4.78 is 1.84. The second kappa shape index (κ2) is 5.87. The molecule has 20 heavy (non-hydrogen) atoms. The third-order valence-electron chi connectivity index (χ3n) is 3.59. The summed E-state index contributed by atoms with van der Waals surface area (Å²) in [5, 5.41) is 16.6. The van der Waals surface area contributed by atoms with E-state index in [1.165, 1.54) is 5.56 Å². The molecule has 0 bridgehead atoms. The highest BCUT2D eigenvalue weighted by molar-refractivity contribution is 5.33. The predicted molar refractivity (Wildman–Crippen MR) is 76.2 cm³/mol. The minimum Gasteiger partial charge on any atom is -0.313 e. The molecule has 0 radical (unpaired) electrons. The molecule has 1 aliphatic heterocycles. The van der Waals surface area contributed by atoms with Crippen LogP contribution in [0, 0.1) is 11.3 Å². The third kappa shape index (κ3) is 2.72. The highest BCUT2D eigenvalue weighted by atomic mass is 15.3. The maximum Gasteiger partial charge on any atom is 0.111 e. The van der Waals surface area contributed by atoms with Crippen LogP contribution in [0.3, 0.4) is 0 Å². The van der Waals surface area contributed by atoms with Crippen LogP contribution in [0.15, 0.2) is 42.7 Å². The smallest absolute Gasteiger partial charge is 0.111 e. The van der Waals surface area contributed by atoms with Gasteiger partial charge in [0.15, 0.2) is 0 Å². The van der Waals surface area contributed by atoms with Crippen molar-refractivity contribution >= 4 is 0 Å². The van der Waals surface area contributed by atoms with Crippen LogP contribution in [0.4, 0.5) is 0 Å². The molecule has 1 aromatic heterocycles. The van der Waals surface area contributed by atoms with Gasteiger partial charge in [-0.1, -0.05) is 12.1 Å². The van der Waals surface area contributed by atoms with Crippen LogP contribution in [0.1, 0.15) is 5.56 Å². The van der Waals surface area contributed by atoms with Gasteiger partial charge in [-0.3, -0.25) is 4.90 Å². The van der Waals surface area contributed by atoms with Gasteiger partial charge in [0, 0.05) is 38.6 Å². The van der Waals surface area contributed by atoms with Gasteiger partial charge in [-0.25, -0.2) is 4.68 Å². The standard InChI is InChI=1S/C15H17N5/c16-10-15-11-17-7-9-19(15)12-13-2-4-14(5-3-13)20-8-1-6-18-20/h1-6,8,15,17H,7,9,11-12H2. The molecule has 3 rings (SSSR count). The maximum absolute atomic E-state index is 9.17. The van der Waals surface area contributed by atoms with Gasteiger partial charge in [-0.05, 0) is 23.8 Å². The Kier molecular flexibility index (Phi) is 3.77. The molecule has 1 unspecified atom stereocenters. The lowest BCUT2D eigenvalue weighted by Gasteiger charge is -2.31. The highest BCUT2D eigenvalue weighted by Crippen LogP contribution is 2.13. The first-order valence-electron chi connectivity index (χ1n) is 6.80. The molecule has 1 saturated heterocycles. The second-order valence-electron chi connectivity index (χ2n) is 4.94. The first kappa shape index (κ1) is 12.9. The largest absolute Gasteiger partial charge is 0.313 e. The molecule has 2 heterocycles. The molecule has 0 aliphatic carbocycles. The van der Waals surface area contributed by atoms with E-state index in [-0.39, 0.29) is 6.04 Å². The Labute approximate surface area is 118 Å². The monoisotopic (exact) mass is 267 g/mol. The van der Waals surface area contributed by atoms with Crippen LogP contribution >= 0.6 is 0 Å². The van der Waals surface area contributed by atoms with Crippen LogP contribution in [0.25, 0.3) is 5.69 Å². The minimum absolute atomic E-state index is 0.0328. The average Bonchev–Trinajstić information content (AvgIpc) is 3.03. The molecule has 5 nitrogen and oxygen atoms in total. The zero-order valence-corrected chi connectivity index (χ0v) is 11.2. The van der Waals surface area contributed by atoms with E-state index in [9.17, 15) is 0 Å². The van der Waals surface area contributed by atoms with Crippen molar-refractivity contribution < 1.29 is 0 Å². The second-order valence-corrected chi connectivity index (χ2v) is 4.94. The predicted octanol–water partition coefficient (Wildman–Crippen LogP) is 1.17. The van der Waals surface area contributed by atoms with Crippen LogP contribution in [0.5, 0.6) is 0 Å². The minimum atomic E-state index is -0.0328. The Morgan fingerprint density at radius 1 is 1.35 bits per heavy atom. The quantitative estimate of drug-likeness (QED) is 0.907. The van der Waals surface area contributed by atoms with Gasteiger partial charge in [0.25, 0.3) is 0 Å². The average molecular weight is 267 g/mol. The summed E-state index contributed by atoms with van der Waals surface area (Å²) >= 11 is 0. The Hall–Kier alpha value is -2.16. The molecule has 1 atom stereocenters. The van der Waals surface area contributed by atoms with Gasteiger partial charge in [-0.2, -0.15) is 10.4 Å². The van der Waals surface area contributed by atoms with E-state index in [1.807, 2.05) is 16.9 Å². The molecule has 1 N–H and O–H groups in total. The van der Waals surface area contributed by atoms with Crippen molar-refractivity contribution in [3.63, 3.8) is 0 Å². The van der Waals surface area contributed by atoms with E-state index in [0.29, 0.717) is 0 Å². The zero-order valence-electron chi connectivity index (χ0n) is 11.2. The van der Waals surface area contributed by atoms with Crippen LogP contribution in [-0.2, 0) is 6.54 Å². The topological polar surface area (TPSA) is 56.9 Å². The van der Waals surface area contributed by atoms with Gasteiger partial charge >= 0.3 is 0 Å². The Morgan fingerprint density at radius 2 is 2.20 bits per heavy atom. The van der Waals surface area contributed by atoms with Crippen molar-refractivity contribution in [1.29, 1.82) is 5.26 Å². The van der Waals surface area contributed by atoms with Gasteiger partial charge < -0.3 is 5.32 Å². The van der Waals surface area contributed by atoms with Crippen molar-refractivity contribution in [2.75, 3.05) is 19.6 Å². The fourth-order valence-corrected chi connectivity index (χ4v) is 2.47. The van der Waals surface area contributed by atoms with E-state index in [4.69, 9.17) is 5.26 Å². The van der Waals surface area contributed by atoms with E-state index in [1.54, 1.807) is 6.20 Å². The Morgan fingerprint density at radius 3 is 2.90 bits per heavy atom. The highest BCUT2D eigenvalue weighted by Gasteiger charge is 2.21. The molecule has 1 aliphatic rings. The van der Waals surface area contributed by atoms with E-state index >= 15 is 0 Å². The first-order valence-corrected chi connectivity index (χ1v) is 6.80. The maximum atomic E-state index is 9.17. The number of aromatic nitrogens is 2. The normalized spacial score (nSPS) is 19.6. The summed E-state index contributed by atoms with van der Waals surface area (Å²) in [7, 11) is 0. The molecule has 1 aromatic carbocycles. The van der Waals surface area contributed by atoms with Crippen LogP contribution < -0.4 is 5.32 Å². The van der Waals surface area contributed by atoms with Crippen molar-refractivity contribution in [2.45, 2.75) is 12.6 Å². The van der Waals surface area contributed by atoms with E-state index in [2.05, 4.69) is 45.7 Å². The van der Waals surface area contributed by atoms with Crippen molar-refractivity contribution in [3.05, 3.63) is 48.3 Å². The summed E-state index contributed by atoms with van der Waals surface area (Å²) in [5.41, 5.74) is 2.28. The molecule has 1 fully saturated rings. The number of nitrogens with zero attached hydrogens (tertiary/aromatic N) is 4. The number of nitrogens with one attached hydrogen (secondary N) is 1. The summed E-state index contributed by atoms with van der Waals surface area (Å²) in [4.78, 5) is 2.22. The van der Waals surface area contributed by atoms with Gasteiger partial charge in [0.05, 0.1) is 11.8 Å². The van der Waals surface area contributed by atoms with Gasteiger partial charge in [-0.15, -0.1) is 0 Å². The molecule has 0 saturated carbocycles. The van der Waals surface area contributed by atoms with Gasteiger partial charge in [0.1, 0.15) is 6.04 Å². The number of rotatable bonds is 3. The Bertz CT molecular complexity index is 582. The third-order valence-corrected chi connectivity index (χ3v) is 3.59. The summed E-state index contributed by atoms with van der Waals surface area (Å²) in [6.07, 6.45) is 3.70. The number of benzene rings is 1. The fourth-order valence-electron chi connectivity index (χ4n) is 2.47. The van der Waals surface area contributed by atoms with E-state index in [0.717, 1.165) is 31.9 Å². The molecule has 5 heteroatoms. The van der Waals surface area contributed by atoms with Crippen molar-refractivity contribution in [3.8, 4) is 11.8 Å². The zero-order chi connectivity index (χ0) is 13.8. The lowest BCUT2D eigenvalue weighted by atomic mass is 10.1. The van der Waals surface area contributed by atoms with E-state index < -0.39 is 0 Å². The molecule has 0 amide bonds. The molecular formula is C15H17N5. The van der Waals surface area contributed by atoms with Crippen LogP contribution in [0.2, 0.25) is 0 Å². The molecular weight excluding hydrogens is 250 g/mol. The SMILES string of the molecule is N#CC1CNCCN1Cc1ccc(-n2cccn2)cc1. The molecule has 102 valence electrons. The number of hydrogen-bond acceptors (Lipinski definition) is 4. The fraction of sp³-hybridized carbons (Fsp3) is 0.333.